The van der Waals surface area contributed by atoms with Gasteiger partial charge in [0.2, 0.25) is 5.56 Å². The molecule has 18 heavy (non-hydrogen) atoms. The van der Waals surface area contributed by atoms with Crippen LogP contribution in [0.4, 0.5) is 13.2 Å². The SMILES string of the molecule is O=c1cc(-c2cccc(C(F)(F)F)c2)cc(Cl)[nH]1. The van der Waals surface area contributed by atoms with Crippen molar-refractivity contribution in [2.45, 2.75) is 6.18 Å². The van der Waals surface area contributed by atoms with Gasteiger partial charge in [0, 0.05) is 6.07 Å². The number of nitrogens with one attached hydrogen (secondary N) is 1. The molecule has 2 rings (SSSR count). The van der Waals surface area contributed by atoms with Crippen molar-refractivity contribution in [1.82, 2.24) is 4.98 Å². The first-order chi connectivity index (χ1) is 8.36. The zero-order chi connectivity index (χ0) is 13.3. The summed E-state index contributed by atoms with van der Waals surface area (Å²) in [6.45, 7) is 0. The minimum absolute atomic E-state index is 0.0786. The number of pyridine rings is 1. The topological polar surface area (TPSA) is 32.9 Å². The molecule has 0 saturated carbocycles. The summed E-state index contributed by atoms with van der Waals surface area (Å²) >= 11 is 5.65. The van der Waals surface area contributed by atoms with Gasteiger partial charge in [-0.3, -0.25) is 4.79 Å². The third-order valence-corrected chi connectivity index (χ3v) is 2.54. The zero-order valence-electron chi connectivity index (χ0n) is 8.88. The van der Waals surface area contributed by atoms with Gasteiger partial charge in [0.25, 0.3) is 0 Å². The number of halogens is 4. The van der Waals surface area contributed by atoms with E-state index in [2.05, 4.69) is 4.98 Å². The zero-order valence-corrected chi connectivity index (χ0v) is 9.64. The lowest BCUT2D eigenvalue weighted by molar-refractivity contribution is -0.137. The fourth-order valence-electron chi connectivity index (χ4n) is 1.55. The third-order valence-electron chi connectivity index (χ3n) is 2.33. The Balaban J connectivity index is 2.54. The first-order valence-electron chi connectivity index (χ1n) is 4.94. The molecular weight excluding hydrogens is 267 g/mol. The van der Waals surface area contributed by atoms with E-state index in [-0.39, 0.29) is 10.7 Å². The normalized spacial score (nSPS) is 11.6. The van der Waals surface area contributed by atoms with Crippen molar-refractivity contribution < 1.29 is 13.2 Å². The molecule has 1 aromatic carbocycles. The van der Waals surface area contributed by atoms with E-state index in [1.165, 1.54) is 24.3 Å². The van der Waals surface area contributed by atoms with Crippen LogP contribution in [-0.2, 0) is 6.18 Å². The van der Waals surface area contributed by atoms with Gasteiger partial charge in [-0.25, -0.2) is 0 Å². The predicted molar refractivity (Wildman–Crippen MR) is 62.5 cm³/mol. The second-order valence-corrected chi connectivity index (χ2v) is 4.07. The summed E-state index contributed by atoms with van der Waals surface area (Å²) < 4.78 is 37.6. The minimum atomic E-state index is -4.42. The molecule has 0 fully saturated rings. The Kier molecular flexibility index (Phi) is 3.17. The molecule has 0 aliphatic heterocycles. The van der Waals surface area contributed by atoms with E-state index in [0.29, 0.717) is 5.56 Å². The summed E-state index contributed by atoms with van der Waals surface area (Å²) in [7, 11) is 0. The number of alkyl halides is 3. The summed E-state index contributed by atoms with van der Waals surface area (Å²) in [5, 5.41) is 0.0786. The average molecular weight is 274 g/mol. The van der Waals surface area contributed by atoms with Gasteiger partial charge >= 0.3 is 6.18 Å². The fourth-order valence-corrected chi connectivity index (χ4v) is 1.76. The maximum Gasteiger partial charge on any atom is 0.416 e. The highest BCUT2D eigenvalue weighted by Crippen LogP contribution is 2.32. The second kappa shape index (κ2) is 4.49. The first kappa shape index (κ1) is 12.7. The number of benzene rings is 1. The van der Waals surface area contributed by atoms with Crippen molar-refractivity contribution in [3.8, 4) is 11.1 Å². The van der Waals surface area contributed by atoms with E-state index in [4.69, 9.17) is 11.6 Å². The third kappa shape index (κ3) is 2.73. The summed E-state index contributed by atoms with van der Waals surface area (Å²) in [4.78, 5) is 13.5. The van der Waals surface area contributed by atoms with E-state index in [9.17, 15) is 18.0 Å². The molecule has 0 bridgehead atoms. The maximum absolute atomic E-state index is 12.5. The van der Waals surface area contributed by atoms with Crippen LogP contribution in [0.5, 0.6) is 0 Å². The van der Waals surface area contributed by atoms with Crippen LogP contribution in [0.1, 0.15) is 5.56 Å². The molecule has 0 spiro atoms. The van der Waals surface area contributed by atoms with E-state index in [1.54, 1.807) is 0 Å². The van der Waals surface area contributed by atoms with Gasteiger partial charge in [-0.1, -0.05) is 23.7 Å². The Morgan fingerprint density at radius 1 is 1.06 bits per heavy atom. The molecule has 0 aliphatic carbocycles. The van der Waals surface area contributed by atoms with Gasteiger partial charge < -0.3 is 4.98 Å². The summed E-state index contributed by atoms with van der Waals surface area (Å²) in [5.74, 6) is 0. The number of hydrogen-bond donors (Lipinski definition) is 1. The molecule has 94 valence electrons. The number of hydrogen-bond acceptors (Lipinski definition) is 1. The summed E-state index contributed by atoms with van der Waals surface area (Å²) in [6.07, 6.45) is -4.42. The van der Waals surface area contributed by atoms with Crippen LogP contribution in [0, 0.1) is 0 Å². The minimum Gasteiger partial charge on any atom is -0.313 e. The Hall–Kier alpha value is -1.75. The molecule has 0 atom stereocenters. The molecule has 0 unspecified atom stereocenters. The average Bonchev–Trinajstić information content (AvgIpc) is 2.27. The molecule has 2 aromatic rings. The van der Waals surface area contributed by atoms with Crippen molar-refractivity contribution in [2.75, 3.05) is 0 Å². The number of aromatic nitrogens is 1. The molecule has 0 saturated heterocycles. The van der Waals surface area contributed by atoms with Crippen molar-refractivity contribution in [1.29, 1.82) is 0 Å². The molecule has 6 heteroatoms. The van der Waals surface area contributed by atoms with Crippen LogP contribution < -0.4 is 5.56 Å². The largest absolute Gasteiger partial charge is 0.416 e. The first-order valence-corrected chi connectivity index (χ1v) is 5.31. The van der Waals surface area contributed by atoms with Gasteiger partial charge in [0.15, 0.2) is 0 Å². The highest BCUT2D eigenvalue weighted by Gasteiger charge is 2.30. The second-order valence-electron chi connectivity index (χ2n) is 3.66. The Bertz CT molecular complexity index is 634. The van der Waals surface area contributed by atoms with Gasteiger partial charge in [-0.05, 0) is 29.3 Å². The van der Waals surface area contributed by atoms with E-state index in [1.807, 2.05) is 0 Å². The summed E-state index contributed by atoms with van der Waals surface area (Å²) in [6, 6.07) is 7.32. The Morgan fingerprint density at radius 2 is 1.78 bits per heavy atom. The van der Waals surface area contributed by atoms with Gasteiger partial charge in [0.1, 0.15) is 5.15 Å². The van der Waals surface area contributed by atoms with Gasteiger partial charge in [-0.15, -0.1) is 0 Å². The Labute approximate surface area is 105 Å². The van der Waals surface area contributed by atoms with Crippen LogP contribution in [-0.4, -0.2) is 4.98 Å². The van der Waals surface area contributed by atoms with Crippen LogP contribution in [0.3, 0.4) is 0 Å². The van der Waals surface area contributed by atoms with Crippen molar-refractivity contribution >= 4 is 11.6 Å². The molecule has 1 heterocycles. The molecule has 0 amide bonds. The van der Waals surface area contributed by atoms with Gasteiger partial charge in [0.05, 0.1) is 5.56 Å². The van der Waals surface area contributed by atoms with Crippen LogP contribution in [0.2, 0.25) is 5.15 Å². The lowest BCUT2D eigenvalue weighted by atomic mass is 10.0. The van der Waals surface area contributed by atoms with Crippen molar-refractivity contribution in [3.63, 3.8) is 0 Å². The van der Waals surface area contributed by atoms with E-state index < -0.39 is 17.3 Å². The molecule has 0 radical (unpaired) electrons. The monoisotopic (exact) mass is 273 g/mol. The van der Waals surface area contributed by atoms with E-state index in [0.717, 1.165) is 12.1 Å². The quantitative estimate of drug-likeness (QED) is 0.789. The highest BCUT2D eigenvalue weighted by atomic mass is 35.5. The standard InChI is InChI=1S/C12H7ClF3NO/c13-10-5-8(6-11(18)17-10)7-2-1-3-9(4-7)12(14,15)16/h1-6H,(H,17,18). The number of rotatable bonds is 1. The smallest absolute Gasteiger partial charge is 0.313 e. The molecule has 0 aliphatic rings. The predicted octanol–water partition coefficient (Wildman–Crippen LogP) is 3.71. The Morgan fingerprint density at radius 3 is 2.39 bits per heavy atom. The van der Waals surface area contributed by atoms with Gasteiger partial charge in [-0.2, -0.15) is 13.2 Å². The highest BCUT2D eigenvalue weighted by molar-refractivity contribution is 6.29. The van der Waals surface area contributed by atoms with Crippen molar-refractivity contribution in [3.05, 3.63) is 57.5 Å². The maximum atomic E-state index is 12.5. The van der Waals surface area contributed by atoms with E-state index >= 15 is 0 Å². The van der Waals surface area contributed by atoms with Crippen LogP contribution >= 0.6 is 11.6 Å². The lowest BCUT2D eigenvalue weighted by Crippen LogP contribution is -2.06. The van der Waals surface area contributed by atoms with Crippen molar-refractivity contribution in [2.24, 2.45) is 0 Å². The summed E-state index contributed by atoms with van der Waals surface area (Å²) in [5.41, 5.74) is -0.598. The molecule has 2 nitrogen and oxygen atoms in total. The van der Waals surface area contributed by atoms with Crippen LogP contribution in [0.25, 0.3) is 11.1 Å². The molecular formula is C12H7ClF3NO. The molecule has 1 N–H and O–H groups in total. The lowest BCUT2D eigenvalue weighted by Gasteiger charge is -2.08. The number of H-pyrrole nitrogens is 1. The van der Waals surface area contributed by atoms with Crippen LogP contribution in [0.15, 0.2) is 41.2 Å². The fraction of sp³-hybridized carbons (Fsp3) is 0.0833. The molecule has 1 aromatic heterocycles. The number of aromatic amines is 1.